The summed E-state index contributed by atoms with van der Waals surface area (Å²) in [5, 5.41) is 23.8. The van der Waals surface area contributed by atoms with Crippen molar-refractivity contribution in [1.29, 1.82) is 0 Å². The molecule has 0 radical (unpaired) electrons. The van der Waals surface area contributed by atoms with Gasteiger partial charge in [0.25, 0.3) is 0 Å². The molecule has 0 rings (SSSR count). The summed E-state index contributed by atoms with van der Waals surface area (Å²) in [6.45, 7) is 6.37. The van der Waals surface area contributed by atoms with Crippen LogP contribution in [0, 0.1) is 0 Å². The largest absolute Gasteiger partial charge is 0.462 e. The van der Waals surface area contributed by atoms with Crippen LogP contribution in [-0.2, 0) is 14.3 Å². The summed E-state index contributed by atoms with van der Waals surface area (Å²) in [6.07, 6.45) is 60.3. The van der Waals surface area contributed by atoms with Crippen LogP contribution in [0.15, 0.2) is 48.6 Å². The minimum absolute atomic E-state index is 0.0635. The van der Waals surface area contributed by atoms with Gasteiger partial charge in [-0.15, -0.1) is 0 Å². The molecular formula is C56H103NO5. The number of aliphatic hydroxyl groups is 2. The molecular weight excluding hydrogens is 767 g/mol. The van der Waals surface area contributed by atoms with Crippen molar-refractivity contribution >= 4 is 11.9 Å². The lowest BCUT2D eigenvalue weighted by atomic mass is 10.0. The topological polar surface area (TPSA) is 95.9 Å². The summed E-state index contributed by atoms with van der Waals surface area (Å²) in [6, 6.07) is -0.708. The average Bonchev–Trinajstić information content (AvgIpc) is 3.26. The van der Waals surface area contributed by atoms with Crippen molar-refractivity contribution < 1.29 is 24.5 Å². The number of hydrogen-bond acceptors (Lipinski definition) is 5. The second-order valence-electron chi connectivity index (χ2n) is 18.2. The Morgan fingerprint density at radius 1 is 0.484 bits per heavy atom. The van der Waals surface area contributed by atoms with E-state index in [0.717, 1.165) is 96.3 Å². The number of unbranched alkanes of at least 4 members (excludes halogenated alkanes) is 28. The molecule has 0 aromatic heterocycles. The Morgan fingerprint density at radius 2 is 0.871 bits per heavy atom. The van der Waals surface area contributed by atoms with Gasteiger partial charge in [-0.1, -0.05) is 223 Å². The quantitative estimate of drug-likeness (QED) is 0.0322. The van der Waals surface area contributed by atoms with Crippen LogP contribution < -0.4 is 5.32 Å². The zero-order chi connectivity index (χ0) is 45.2. The number of hydrogen-bond donors (Lipinski definition) is 3. The SMILES string of the molecule is CC/C=C/C/C=C/C/C=C/CCCCCCC(=O)OC(CCCCCCC/C=C\CCCCCC)CC(=O)NC(CO)C(O)CCCCCCCCCCCCCCCCCC. The van der Waals surface area contributed by atoms with Gasteiger partial charge in [-0.3, -0.25) is 9.59 Å². The molecule has 6 heteroatoms. The van der Waals surface area contributed by atoms with Crippen LogP contribution in [-0.4, -0.2) is 46.9 Å². The molecule has 0 fully saturated rings. The number of amides is 1. The van der Waals surface area contributed by atoms with Gasteiger partial charge in [-0.25, -0.2) is 0 Å². The molecule has 0 saturated heterocycles. The molecule has 0 aliphatic rings. The Labute approximate surface area is 385 Å². The number of ether oxygens (including phenoxy) is 1. The van der Waals surface area contributed by atoms with E-state index in [9.17, 15) is 19.8 Å². The first-order valence-electron chi connectivity index (χ1n) is 26.9. The standard InChI is InChI=1S/C56H103NO5/c1-4-7-10-13-16-19-22-25-27-28-30-33-36-39-42-45-48-54(59)53(51-58)57-55(60)50-52(47-44-41-38-35-32-29-24-21-18-15-12-9-6-3)62-56(61)49-46-43-40-37-34-31-26-23-20-17-14-11-8-5-2/h8,11,17,20-21,24,26,31,52-54,58-59H,4-7,9-10,12-16,18-19,22-23,25,27-30,32-51H2,1-3H3,(H,57,60)/b11-8+,20-17+,24-21-,31-26+. The van der Waals surface area contributed by atoms with E-state index in [4.69, 9.17) is 4.74 Å². The van der Waals surface area contributed by atoms with Crippen molar-refractivity contribution in [3.8, 4) is 0 Å². The zero-order valence-electron chi connectivity index (χ0n) is 41.3. The van der Waals surface area contributed by atoms with Gasteiger partial charge < -0.3 is 20.3 Å². The average molecular weight is 870 g/mol. The summed E-state index contributed by atoms with van der Waals surface area (Å²) in [7, 11) is 0. The van der Waals surface area contributed by atoms with Crippen LogP contribution in [0.2, 0.25) is 0 Å². The maximum Gasteiger partial charge on any atom is 0.306 e. The number of esters is 1. The third kappa shape index (κ3) is 44.4. The third-order valence-electron chi connectivity index (χ3n) is 12.1. The van der Waals surface area contributed by atoms with Crippen LogP contribution in [0.25, 0.3) is 0 Å². The Hall–Kier alpha value is -2.18. The van der Waals surface area contributed by atoms with E-state index in [1.54, 1.807) is 0 Å². The van der Waals surface area contributed by atoms with Crippen molar-refractivity contribution in [2.75, 3.05) is 6.61 Å². The highest BCUT2D eigenvalue weighted by molar-refractivity contribution is 5.77. The first-order chi connectivity index (χ1) is 30.5. The predicted octanol–water partition coefficient (Wildman–Crippen LogP) is 16.2. The van der Waals surface area contributed by atoms with Crippen molar-refractivity contribution in [2.24, 2.45) is 0 Å². The van der Waals surface area contributed by atoms with E-state index < -0.39 is 18.2 Å². The Balaban J connectivity index is 4.56. The highest BCUT2D eigenvalue weighted by atomic mass is 16.5. The molecule has 0 aromatic rings. The summed E-state index contributed by atoms with van der Waals surface area (Å²) < 4.78 is 5.93. The fourth-order valence-electron chi connectivity index (χ4n) is 8.09. The first-order valence-corrected chi connectivity index (χ1v) is 26.9. The van der Waals surface area contributed by atoms with E-state index in [0.29, 0.717) is 19.3 Å². The first kappa shape index (κ1) is 59.8. The van der Waals surface area contributed by atoms with Crippen LogP contribution in [0.3, 0.4) is 0 Å². The monoisotopic (exact) mass is 870 g/mol. The van der Waals surface area contributed by atoms with Gasteiger partial charge in [0.2, 0.25) is 5.91 Å². The summed E-state index contributed by atoms with van der Waals surface area (Å²) >= 11 is 0. The van der Waals surface area contributed by atoms with Crippen LogP contribution >= 0.6 is 0 Å². The van der Waals surface area contributed by atoms with Gasteiger partial charge in [0, 0.05) is 6.42 Å². The lowest BCUT2D eigenvalue weighted by molar-refractivity contribution is -0.151. The highest BCUT2D eigenvalue weighted by Crippen LogP contribution is 2.18. The van der Waals surface area contributed by atoms with Crippen molar-refractivity contribution in [2.45, 2.75) is 289 Å². The number of allylic oxidation sites excluding steroid dienone is 8. The Kier molecular flexibility index (Phi) is 48.1. The van der Waals surface area contributed by atoms with Crippen molar-refractivity contribution in [1.82, 2.24) is 5.32 Å². The number of rotatable bonds is 48. The van der Waals surface area contributed by atoms with Gasteiger partial charge in [-0.05, 0) is 83.5 Å². The molecule has 0 aromatic carbocycles. The van der Waals surface area contributed by atoms with Crippen LogP contribution in [0.4, 0.5) is 0 Å². The zero-order valence-corrected chi connectivity index (χ0v) is 41.3. The fraction of sp³-hybridized carbons (Fsp3) is 0.821. The minimum Gasteiger partial charge on any atom is -0.462 e. The second kappa shape index (κ2) is 49.8. The van der Waals surface area contributed by atoms with Crippen molar-refractivity contribution in [3.05, 3.63) is 48.6 Å². The maximum atomic E-state index is 13.2. The number of carbonyl (C=O) groups excluding carboxylic acids is 2. The third-order valence-corrected chi connectivity index (χ3v) is 12.1. The van der Waals surface area contributed by atoms with E-state index in [2.05, 4.69) is 74.7 Å². The summed E-state index contributed by atoms with van der Waals surface area (Å²) in [4.78, 5) is 26.2. The molecule has 0 spiro atoms. The van der Waals surface area contributed by atoms with Gasteiger partial charge in [-0.2, -0.15) is 0 Å². The molecule has 0 heterocycles. The van der Waals surface area contributed by atoms with Gasteiger partial charge in [0.1, 0.15) is 6.10 Å². The molecule has 362 valence electrons. The van der Waals surface area contributed by atoms with Gasteiger partial charge in [0.15, 0.2) is 0 Å². The number of carbonyl (C=O) groups is 2. The van der Waals surface area contributed by atoms with E-state index >= 15 is 0 Å². The predicted molar refractivity (Wildman–Crippen MR) is 269 cm³/mol. The number of aliphatic hydroxyl groups excluding tert-OH is 2. The van der Waals surface area contributed by atoms with Gasteiger partial charge in [0.05, 0.1) is 25.2 Å². The molecule has 0 aliphatic heterocycles. The molecule has 62 heavy (non-hydrogen) atoms. The minimum atomic E-state index is -0.794. The molecule has 3 unspecified atom stereocenters. The molecule has 3 atom stereocenters. The Morgan fingerprint density at radius 3 is 1.35 bits per heavy atom. The summed E-state index contributed by atoms with van der Waals surface area (Å²) in [5.41, 5.74) is 0. The lowest BCUT2D eigenvalue weighted by Gasteiger charge is -2.24. The smallest absolute Gasteiger partial charge is 0.306 e. The molecule has 6 nitrogen and oxygen atoms in total. The Bertz CT molecular complexity index is 1070. The van der Waals surface area contributed by atoms with E-state index in [1.807, 2.05) is 0 Å². The molecule has 1 amide bonds. The lowest BCUT2D eigenvalue weighted by Crippen LogP contribution is -2.46. The van der Waals surface area contributed by atoms with Crippen molar-refractivity contribution in [3.63, 3.8) is 0 Å². The number of nitrogens with one attached hydrogen (secondary N) is 1. The fourth-order valence-corrected chi connectivity index (χ4v) is 8.09. The molecule has 3 N–H and O–H groups in total. The molecule has 0 aliphatic carbocycles. The molecule has 0 saturated carbocycles. The second-order valence-corrected chi connectivity index (χ2v) is 18.2. The van der Waals surface area contributed by atoms with Gasteiger partial charge >= 0.3 is 5.97 Å². The summed E-state index contributed by atoms with van der Waals surface area (Å²) in [5.74, 6) is -0.502. The van der Waals surface area contributed by atoms with Crippen LogP contribution in [0.5, 0.6) is 0 Å². The van der Waals surface area contributed by atoms with Crippen LogP contribution in [0.1, 0.15) is 271 Å². The molecule has 0 bridgehead atoms. The normalized spacial score (nSPS) is 13.6. The highest BCUT2D eigenvalue weighted by Gasteiger charge is 2.24. The van der Waals surface area contributed by atoms with E-state index in [-0.39, 0.29) is 24.9 Å². The maximum absolute atomic E-state index is 13.2. The van der Waals surface area contributed by atoms with E-state index in [1.165, 1.54) is 128 Å².